The van der Waals surface area contributed by atoms with Crippen LogP contribution in [0, 0.1) is 0 Å². The van der Waals surface area contributed by atoms with Crippen molar-refractivity contribution in [3.8, 4) is 5.69 Å². The number of ketones is 1. The minimum atomic E-state index is -0.888. The molecular weight excluding hydrogens is 316 g/mol. The van der Waals surface area contributed by atoms with Crippen LogP contribution in [0.3, 0.4) is 0 Å². The summed E-state index contributed by atoms with van der Waals surface area (Å²) in [4.78, 5) is 28.4. The van der Waals surface area contributed by atoms with Crippen LogP contribution < -0.4 is 0 Å². The van der Waals surface area contributed by atoms with Crippen LogP contribution in [0.25, 0.3) is 27.5 Å². The molecule has 5 heteroatoms. The molecule has 4 rings (SSSR count). The van der Waals surface area contributed by atoms with Gasteiger partial charge in [0.2, 0.25) is 0 Å². The van der Waals surface area contributed by atoms with E-state index in [0.717, 1.165) is 16.5 Å². The molecular formula is C20H14N2O3. The predicted molar refractivity (Wildman–Crippen MR) is 94.9 cm³/mol. The number of methoxy groups -OCH3 is 1. The zero-order valence-corrected chi connectivity index (χ0v) is 13.5. The number of esters is 1. The minimum absolute atomic E-state index is 0.281. The van der Waals surface area contributed by atoms with Gasteiger partial charge in [-0.1, -0.05) is 30.3 Å². The topological polar surface area (TPSA) is 61.2 Å². The van der Waals surface area contributed by atoms with E-state index in [0.29, 0.717) is 11.0 Å². The average Bonchev–Trinajstić information content (AvgIpc) is 3.06. The van der Waals surface area contributed by atoms with Gasteiger partial charge in [-0.25, -0.2) is 9.78 Å². The number of hydrogen-bond acceptors (Lipinski definition) is 4. The molecule has 2 aromatic heterocycles. The molecule has 2 aromatic carbocycles. The fraction of sp³-hybridized carbons (Fsp3) is 0.0500. The molecule has 0 fully saturated rings. The Hall–Kier alpha value is -3.47. The van der Waals surface area contributed by atoms with Crippen LogP contribution in [0.2, 0.25) is 0 Å². The number of carbonyl (C=O) groups excluding carboxylic acids is 2. The lowest BCUT2D eigenvalue weighted by Crippen LogP contribution is -2.15. The first-order valence-electron chi connectivity index (χ1n) is 7.77. The van der Waals surface area contributed by atoms with Crippen molar-refractivity contribution in [2.75, 3.05) is 7.11 Å². The highest BCUT2D eigenvalue weighted by Crippen LogP contribution is 2.26. The Morgan fingerprint density at radius 3 is 2.60 bits per heavy atom. The van der Waals surface area contributed by atoms with E-state index < -0.39 is 11.8 Å². The van der Waals surface area contributed by atoms with Crippen LogP contribution in [0.4, 0.5) is 0 Å². The summed E-state index contributed by atoms with van der Waals surface area (Å²) >= 11 is 0. The van der Waals surface area contributed by atoms with E-state index in [1.807, 2.05) is 47.0 Å². The third-order valence-electron chi connectivity index (χ3n) is 4.19. The number of benzene rings is 2. The van der Waals surface area contributed by atoms with Crippen LogP contribution in [-0.4, -0.2) is 28.4 Å². The quantitative estimate of drug-likeness (QED) is 0.327. The molecule has 4 aromatic rings. The SMILES string of the molecule is COC(=O)C(=O)c1cn(-c2ccc3ccccc3c2)c2ncccc12. The van der Waals surface area contributed by atoms with Gasteiger partial charge >= 0.3 is 5.97 Å². The second-order valence-corrected chi connectivity index (χ2v) is 5.64. The number of nitrogens with zero attached hydrogens (tertiary/aromatic N) is 2. The first kappa shape index (κ1) is 15.1. The number of ether oxygens (including phenoxy) is 1. The lowest BCUT2D eigenvalue weighted by Gasteiger charge is -2.06. The highest BCUT2D eigenvalue weighted by atomic mass is 16.5. The maximum absolute atomic E-state index is 12.3. The Labute approximate surface area is 143 Å². The van der Waals surface area contributed by atoms with Gasteiger partial charge in [0.1, 0.15) is 5.65 Å². The second kappa shape index (κ2) is 5.87. The normalized spacial score (nSPS) is 10.9. The minimum Gasteiger partial charge on any atom is -0.463 e. The van der Waals surface area contributed by atoms with Crippen molar-refractivity contribution in [1.29, 1.82) is 0 Å². The summed E-state index contributed by atoms with van der Waals surface area (Å²) in [7, 11) is 1.20. The van der Waals surface area contributed by atoms with Crippen LogP contribution >= 0.6 is 0 Å². The first-order chi connectivity index (χ1) is 12.2. The number of Topliss-reactive ketones (excluding diaryl/α,β-unsaturated/α-hetero) is 1. The van der Waals surface area contributed by atoms with Crippen molar-refractivity contribution in [3.05, 3.63) is 72.6 Å². The molecule has 25 heavy (non-hydrogen) atoms. The van der Waals surface area contributed by atoms with Crippen LogP contribution in [0.15, 0.2) is 67.0 Å². The molecule has 2 heterocycles. The monoisotopic (exact) mass is 330 g/mol. The fourth-order valence-corrected chi connectivity index (χ4v) is 2.97. The Balaban J connectivity index is 1.95. The van der Waals surface area contributed by atoms with Gasteiger partial charge in [-0.3, -0.25) is 4.79 Å². The molecule has 0 unspecified atom stereocenters. The lowest BCUT2D eigenvalue weighted by molar-refractivity contribution is -0.135. The van der Waals surface area contributed by atoms with Crippen molar-refractivity contribution in [2.45, 2.75) is 0 Å². The van der Waals surface area contributed by atoms with Crippen LogP contribution in [-0.2, 0) is 9.53 Å². The zero-order valence-electron chi connectivity index (χ0n) is 13.5. The maximum atomic E-state index is 12.3. The summed E-state index contributed by atoms with van der Waals surface area (Å²) in [6.45, 7) is 0. The third kappa shape index (κ3) is 2.46. The second-order valence-electron chi connectivity index (χ2n) is 5.64. The summed E-state index contributed by atoms with van der Waals surface area (Å²) in [6.07, 6.45) is 3.30. The van der Waals surface area contributed by atoms with Crippen LogP contribution in [0.1, 0.15) is 10.4 Å². The molecule has 0 atom stereocenters. The van der Waals surface area contributed by atoms with Gasteiger partial charge in [-0.2, -0.15) is 0 Å². The van der Waals surface area contributed by atoms with Gasteiger partial charge in [0, 0.05) is 23.5 Å². The Morgan fingerprint density at radius 1 is 1.00 bits per heavy atom. The number of fused-ring (bicyclic) bond motifs is 2. The van der Waals surface area contributed by atoms with Crippen molar-refractivity contribution in [3.63, 3.8) is 0 Å². The highest BCUT2D eigenvalue weighted by Gasteiger charge is 2.23. The van der Waals surface area contributed by atoms with E-state index in [-0.39, 0.29) is 5.56 Å². The summed E-state index contributed by atoms with van der Waals surface area (Å²) in [5, 5.41) is 2.83. The molecule has 0 aliphatic rings. The first-order valence-corrected chi connectivity index (χ1v) is 7.77. The van der Waals surface area contributed by atoms with Crippen molar-refractivity contribution in [2.24, 2.45) is 0 Å². The number of hydrogen-bond donors (Lipinski definition) is 0. The van der Waals surface area contributed by atoms with Crippen molar-refractivity contribution >= 4 is 33.6 Å². The Morgan fingerprint density at radius 2 is 1.80 bits per heavy atom. The van der Waals surface area contributed by atoms with Crippen molar-refractivity contribution < 1.29 is 14.3 Å². The number of aromatic nitrogens is 2. The molecule has 0 radical (unpaired) electrons. The highest BCUT2D eigenvalue weighted by molar-refractivity contribution is 6.42. The Kier molecular flexibility index (Phi) is 3.54. The molecule has 0 saturated carbocycles. The standard InChI is InChI=1S/C20H14N2O3/c1-25-20(24)18(23)17-12-22(19-16(17)7-4-10-21-19)15-9-8-13-5-2-3-6-14(13)11-15/h2-12H,1H3. The van der Waals surface area contributed by atoms with Gasteiger partial charge in [0.15, 0.2) is 0 Å². The predicted octanol–water partition coefficient (Wildman–Crippen LogP) is 3.53. The summed E-state index contributed by atoms with van der Waals surface area (Å²) in [5.74, 6) is -1.57. The van der Waals surface area contributed by atoms with E-state index in [1.54, 1.807) is 24.5 Å². The molecule has 5 nitrogen and oxygen atoms in total. The summed E-state index contributed by atoms with van der Waals surface area (Å²) < 4.78 is 6.39. The van der Waals surface area contributed by atoms with E-state index >= 15 is 0 Å². The molecule has 0 N–H and O–H groups in total. The lowest BCUT2D eigenvalue weighted by atomic mass is 10.1. The number of rotatable bonds is 3. The molecule has 122 valence electrons. The fourth-order valence-electron chi connectivity index (χ4n) is 2.97. The third-order valence-corrected chi connectivity index (χ3v) is 4.19. The van der Waals surface area contributed by atoms with Gasteiger partial charge in [0.25, 0.3) is 5.78 Å². The van der Waals surface area contributed by atoms with Gasteiger partial charge < -0.3 is 9.30 Å². The summed E-state index contributed by atoms with van der Waals surface area (Å²) in [5.41, 5.74) is 1.76. The molecule has 0 spiro atoms. The van der Waals surface area contributed by atoms with Crippen molar-refractivity contribution in [1.82, 2.24) is 9.55 Å². The van der Waals surface area contributed by atoms with E-state index in [9.17, 15) is 9.59 Å². The maximum Gasteiger partial charge on any atom is 0.379 e. The Bertz CT molecular complexity index is 1130. The largest absolute Gasteiger partial charge is 0.463 e. The zero-order chi connectivity index (χ0) is 17.4. The molecule has 0 saturated heterocycles. The van der Waals surface area contributed by atoms with E-state index in [1.165, 1.54) is 7.11 Å². The van der Waals surface area contributed by atoms with Crippen LogP contribution in [0.5, 0.6) is 0 Å². The van der Waals surface area contributed by atoms with Gasteiger partial charge in [-0.05, 0) is 35.0 Å². The number of carbonyl (C=O) groups is 2. The molecule has 0 aliphatic heterocycles. The smallest absolute Gasteiger partial charge is 0.379 e. The number of pyridine rings is 1. The molecule has 0 amide bonds. The van der Waals surface area contributed by atoms with E-state index in [4.69, 9.17) is 0 Å². The molecule has 0 bridgehead atoms. The summed E-state index contributed by atoms with van der Waals surface area (Å²) in [6, 6.07) is 17.5. The molecule has 0 aliphatic carbocycles. The van der Waals surface area contributed by atoms with E-state index in [2.05, 4.69) is 9.72 Å². The average molecular weight is 330 g/mol. The van der Waals surface area contributed by atoms with Gasteiger partial charge in [-0.15, -0.1) is 0 Å². The van der Waals surface area contributed by atoms with Gasteiger partial charge in [0.05, 0.1) is 12.7 Å².